The van der Waals surface area contributed by atoms with Crippen molar-refractivity contribution in [2.45, 2.75) is 6.92 Å². The molecule has 0 aliphatic heterocycles. The van der Waals surface area contributed by atoms with Crippen LogP contribution in [0.4, 0.5) is 8.78 Å². The lowest BCUT2D eigenvalue weighted by Crippen LogP contribution is -1.94. The Kier molecular flexibility index (Phi) is 2.19. The molecule has 0 atom stereocenters. The van der Waals surface area contributed by atoms with Crippen molar-refractivity contribution in [2.75, 3.05) is 0 Å². The first-order chi connectivity index (χ1) is 7.08. The monoisotopic (exact) mass is 209 g/mol. The van der Waals surface area contributed by atoms with Gasteiger partial charge in [-0.3, -0.25) is 0 Å². The van der Waals surface area contributed by atoms with Gasteiger partial charge in [0, 0.05) is 17.8 Å². The lowest BCUT2D eigenvalue weighted by atomic mass is 10.3. The van der Waals surface area contributed by atoms with Crippen LogP contribution >= 0.6 is 0 Å². The number of hydrogen-bond acceptors (Lipinski definition) is 1. The van der Waals surface area contributed by atoms with Gasteiger partial charge in [-0.25, -0.2) is 8.78 Å². The van der Waals surface area contributed by atoms with E-state index in [1.807, 2.05) is 0 Å². The van der Waals surface area contributed by atoms with Gasteiger partial charge in [0.25, 0.3) is 0 Å². The fourth-order valence-electron chi connectivity index (χ4n) is 1.38. The van der Waals surface area contributed by atoms with Crippen molar-refractivity contribution in [3.8, 4) is 11.4 Å². The zero-order valence-corrected chi connectivity index (χ0v) is 8.04. The first-order valence-electron chi connectivity index (χ1n) is 4.41. The summed E-state index contributed by atoms with van der Waals surface area (Å²) < 4.78 is 27.4. The molecule has 0 amide bonds. The van der Waals surface area contributed by atoms with Crippen molar-refractivity contribution in [3.63, 3.8) is 0 Å². The summed E-state index contributed by atoms with van der Waals surface area (Å²) in [6.45, 7) is 1.70. The second-order valence-corrected chi connectivity index (χ2v) is 3.33. The molecule has 0 aliphatic rings. The van der Waals surface area contributed by atoms with Crippen LogP contribution < -0.4 is 0 Å². The highest BCUT2D eigenvalue weighted by Gasteiger charge is 2.07. The van der Waals surface area contributed by atoms with E-state index in [0.717, 1.165) is 6.07 Å². The number of hydrogen-bond donors (Lipinski definition) is 1. The van der Waals surface area contributed by atoms with E-state index in [4.69, 9.17) is 0 Å². The second-order valence-electron chi connectivity index (χ2n) is 3.33. The fourth-order valence-corrected chi connectivity index (χ4v) is 1.38. The Morgan fingerprint density at radius 1 is 1.20 bits per heavy atom. The third-order valence-corrected chi connectivity index (χ3v) is 2.19. The highest BCUT2D eigenvalue weighted by atomic mass is 19.1. The van der Waals surface area contributed by atoms with E-state index < -0.39 is 11.6 Å². The van der Waals surface area contributed by atoms with Crippen LogP contribution in [0.2, 0.25) is 0 Å². The maximum atomic E-state index is 13.3. The van der Waals surface area contributed by atoms with Crippen LogP contribution in [-0.2, 0) is 0 Å². The van der Waals surface area contributed by atoms with Crippen LogP contribution in [0, 0.1) is 18.6 Å². The van der Waals surface area contributed by atoms with Gasteiger partial charge in [-0.1, -0.05) is 0 Å². The number of halogens is 2. The molecule has 1 aromatic heterocycles. The molecule has 0 saturated carbocycles. The summed E-state index contributed by atoms with van der Waals surface area (Å²) in [4.78, 5) is 0. The Hall–Kier alpha value is -1.84. The molecular formula is C11H9F2NO. The summed E-state index contributed by atoms with van der Waals surface area (Å²) in [5, 5.41) is 9.33. The summed E-state index contributed by atoms with van der Waals surface area (Å²) in [5.41, 5.74) is 0.846. The molecule has 0 radical (unpaired) electrons. The van der Waals surface area contributed by atoms with Gasteiger partial charge in [-0.05, 0) is 19.1 Å². The summed E-state index contributed by atoms with van der Waals surface area (Å²) in [7, 11) is 0. The zero-order chi connectivity index (χ0) is 11.0. The van der Waals surface area contributed by atoms with E-state index in [0.29, 0.717) is 5.56 Å². The van der Waals surface area contributed by atoms with E-state index in [1.165, 1.54) is 22.9 Å². The average molecular weight is 209 g/mol. The number of rotatable bonds is 1. The van der Waals surface area contributed by atoms with Gasteiger partial charge in [-0.15, -0.1) is 0 Å². The van der Waals surface area contributed by atoms with E-state index in [-0.39, 0.29) is 11.4 Å². The molecule has 0 aliphatic carbocycles. The highest BCUT2D eigenvalue weighted by Crippen LogP contribution is 2.22. The minimum absolute atomic E-state index is 0.0822. The van der Waals surface area contributed by atoms with Crippen molar-refractivity contribution >= 4 is 0 Å². The van der Waals surface area contributed by atoms with Crippen molar-refractivity contribution in [1.82, 2.24) is 4.57 Å². The van der Waals surface area contributed by atoms with Gasteiger partial charge < -0.3 is 9.67 Å². The summed E-state index contributed by atoms with van der Waals surface area (Å²) >= 11 is 0. The molecule has 0 saturated heterocycles. The maximum Gasteiger partial charge on any atom is 0.150 e. The van der Waals surface area contributed by atoms with Crippen molar-refractivity contribution in [2.24, 2.45) is 0 Å². The minimum Gasteiger partial charge on any atom is -0.506 e. The summed E-state index contributed by atoms with van der Waals surface area (Å²) in [6, 6.07) is 3.30. The Balaban J connectivity index is 2.54. The van der Waals surface area contributed by atoms with Crippen LogP contribution in [0.3, 0.4) is 0 Å². The van der Waals surface area contributed by atoms with E-state index >= 15 is 0 Å². The standard InChI is InChI=1S/C11H9F2NO/c1-7-5-14(6-11(7)15)10-3-2-8(12)4-9(10)13/h2-6,15H,1H3. The molecule has 1 N–H and O–H groups in total. The molecule has 4 heteroatoms. The fraction of sp³-hybridized carbons (Fsp3) is 0.0909. The van der Waals surface area contributed by atoms with Gasteiger partial charge in [0.05, 0.1) is 11.9 Å². The Bertz CT molecular complexity index is 486. The minimum atomic E-state index is -0.662. The summed E-state index contributed by atoms with van der Waals surface area (Å²) in [6.07, 6.45) is 2.96. The van der Waals surface area contributed by atoms with Gasteiger partial charge in [0.15, 0.2) is 0 Å². The maximum absolute atomic E-state index is 13.3. The van der Waals surface area contributed by atoms with Crippen LogP contribution in [0.5, 0.6) is 5.75 Å². The molecule has 0 fully saturated rings. The molecule has 0 bridgehead atoms. The third kappa shape index (κ3) is 1.70. The van der Waals surface area contributed by atoms with Crippen LogP contribution in [0.25, 0.3) is 5.69 Å². The molecule has 15 heavy (non-hydrogen) atoms. The van der Waals surface area contributed by atoms with Crippen LogP contribution in [0.1, 0.15) is 5.56 Å². The van der Waals surface area contributed by atoms with Crippen LogP contribution in [0.15, 0.2) is 30.6 Å². The lowest BCUT2D eigenvalue weighted by molar-refractivity contribution is 0.471. The molecule has 1 aromatic carbocycles. The summed E-state index contributed by atoms with van der Waals surface area (Å²) in [5.74, 6) is -1.20. The largest absolute Gasteiger partial charge is 0.506 e. The van der Waals surface area contributed by atoms with E-state index in [2.05, 4.69) is 0 Å². The van der Waals surface area contributed by atoms with E-state index in [1.54, 1.807) is 13.1 Å². The highest BCUT2D eigenvalue weighted by molar-refractivity contribution is 5.39. The number of aromatic hydroxyl groups is 1. The Morgan fingerprint density at radius 2 is 1.93 bits per heavy atom. The molecule has 78 valence electrons. The predicted octanol–water partition coefficient (Wildman–Crippen LogP) is 2.77. The Morgan fingerprint density at radius 3 is 2.47 bits per heavy atom. The third-order valence-electron chi connectivity index (χ3n) is 2.19. The smallest absolute Gasteiger partial charge is 0.150 e. The molecular weight excluding hydrogens is 200 g/mol. The van der Waals surface area contributed by atoms with Crippen molar-refractivity contribution in [3.05, 3.63) is 47.8 Å². The van der Waals surface area contributed by atoms with Gasteiger partial charge in [0.1, 0.15) is 17.4 Å². The second kappa shape index (κ2) is 3.38. The average Bonchev–Trinajstić information content (AvgIpc) is 2.46. The van der Waals surface area contributed by atoms with Crippen molar-refractivity contribution < 1.29 is 13.9 Å². The zero-order valence-electron chi connectivity index (χ0n) is 8.04. The number of aromatic nitrogens is 1. The predicted molar refractivity (Wildman–Crippen MR) is 52.1 cm³/mol. The number of nitrogens with zero attached hydrogens (tertiary/aromatic N) is 1. The van der Waals surface area contributed by atoms with Gasteiger partial charge >= 0.3 is 0 Å². The molecule has 2 aromatic rings. The first kappa shape index (κ1) is 9.71. The van der Waals surface area contributed by atoms with E-state index in [9.17, 15) is 13.9 Å². The normalized spacial score (nSPS) is 10.6. The molecule has 2 nitrogen and oxygen atoms in total. The molecule has 0 unspecified atom stereocenters. The number of aryl methyl sites for hydroxylation is 1. The molecule has 2 rings (SSSR count). The van der Waals surface area contributed by atoms with Crippen molar-refractivity contribution in [1.29, 1.82) is 0 Å². The molecule has 0 spiro atoms. The van der Waals surface area contributed by atoms with Gasteiger partial charge in [-0.2, -0.15) is 0 Å². The number of benzene rings is 1. The first-order valence-corrected chi connectivity index (χ1v) is 4.41. The molecule has 1 heterocycles. The topological polar surface area (TPSA) is 25.2 Å². The quantitative estimate of drug-likeness (QED) is 0.767. The van der Waals surface area contributed by atoms with Gasteiger partial charge in [0.2, 0.25) is 0 Å². The van der Waals surface area contributed by atoms with Crippen LogP contribution in [-0.4, -0.2) is 9.67 Å². The lowest BCUT2D eigenvalue weighted by Gasteiger charge is -2.03. The SMILES string of the molecule is Cc1cn(-c2ccc(F)cc2F)cc1O. The Labute approximate surface area is 85.4 Å².